The summed E-state index contributed by atoms with van der Waals surface area (Å²) in [5.74, 6) is -2.67. The zero-order valence-corrected chi connectivity index (χ0v) is 9.52. The molecule has 0 aliphatic carbocycles. The zero-order chi connectivity index (χ0) is 14.6. The number of nitrogens with zero attached hydrogens (tertiary/aromatic N) is 2. The second kappa shape index (κ2) is 6.32. The van der Waals surface area contributed by atoms with Gasteiger partial charge in [-0.25, -0.2) is 17.6 Å². The molecule has 1 N–H and O–H groups in total. The maximum Gasteiger partial charge on any atom is 0.275 e. The fraction of sp³-hybridized carbons (Fsp3) is 0.400. The molecule has 9 heteroatoms. The number of hydrogen-bond donors (Lipinski definition) is 1. The van der Waals surface area contributed by atoms with Crippen LogP contribution < -0.4 is 4.90 Å². The number of alkyl halides is 2. The van der Waals surface area contributed by atoms with Gasteiger partial charge in [-0.05, 0) is 0 Å². The van der Waals surface area contributed by atoms with E-state index in [1.54, 1.807) is 0 Å². The molecule has 0 aromatic heterocycles. The molecule has 0 saturated heterocycles. The second-order valence-electron chi connectivity index (χ2n) is 3.58. The highest BCUT2D eigenvalue weighted by molar-refractivity contribution is 5.53. The number of hydrogen-bond acceptors (Lipinski definition) is 4. The highest BCUT2D eigenvalue weighted by Gasteiger charge is 2.23. The number of aliphatic hydroxyl groups excluding tert-OH is 1. The lowest BCUT2D eigenvalue weighted by Gasteiger charge is -2.24. The van der Waals surface area contributed by atoms with E-state index in [9.17, 15) is 27.7 Å². The van der Waals surface area contributed by atoms with Crippen LogP contribution in [-0.4, -0.2) is 36.2 Å². The maximum atomic E-state index is 13.6. The molecular weight excluding hydrogens is 272 g/mol. The highest BCUT2D eigenvalue weighted by atomic mass is 19.3. The Balaban J connectivity index is 3.19. The molecule has 0 atom stereocenters. The summed E-state index contributed by atoms with van der Waals surface area (Å²) in [5, 5.41) is 19.1. The summed E-state index contributed by atoms with van der Waals surface area (Å²) >= 11 is 0. The predicted molar refractivity (Wildman–Crippen MR) is 58.3 cm³/mol. The molecule has 1 aromatic rings. The van der Waals surface area contributed by atoms with Gasteiger partial charge >= 0.3 is 0 Å². The van der Waals surface area contributed by atoms with E-state index < -0.39 is 54.1 Å². The Morgan fingerprint density at radius 1 is 1.32 bits per heavy atom. The van der Waals surface area contributed by atoms with E-state index in [1.165, 1.54) is 0 Å². The van der Waals surface area contributed by atoms with Crippen LogP contribution >= 0.6 is 0 Å². The lowest BCUT2D eigenvalue weighted by molar-refractivity contribution is -0.385. The van der Waals surface area contributed by atoms with E-state index in [1.807, 2.05) is 0 Å². The molecule has 0 spiro atoms. The number of nitro benzene ring substituents is 1. The van der Waals surface area contributed by atoms with Gasteiger partial charge in [0.2, 0.25) is 0 Å². The van der Waals surface area contributed by atoms with Crippen LogP contribution in [0.15, 0.2) is 12.1 Å². The van der Waals surface area contributed by atoms with Crippen molar-refractivity contribution in [2.45, 2.75) is 6.43 Å². The number of halogens is 4. The van der Waals surface area contributed by atoms with Crippen molar-refractivity contribution in [3.8, 4) is 0 Å². The van der Waals surface area contributed by atoms with E-state index in [2.05, 4.69) is 0 Å². The Bertz CT molecular complexity index is 447. The van der Waals surface area contributed by atoms with Crippen LogP contribution in [0.25, 0.3) is 0 Å². The van der Waals surface area contributed by atoms with Gasteiger partial charge in [0.05, 0.1) is 30.2 Å². The van der Waals surface area contributed by atoms with Crippen LogP contribution in [-0.2, 0) is 0 Å². The first kappa shape index (κ1) is 15.2. The number of non-ortho nitro benzene ring substituents is 1. The molecule has 1 rings (SSSR count). The van der Waals surface area contributed by atoms with Crippen LogP contribution in [0.1, 0.15) is 0 Å². The molecule has 0 unspecified atom stereocenters. The monoisotopic (exact) mass is 282 g/mol. The Hall–Kier alpha value is -1.90. The third-order valence-electron chi connectivity index (χ3n) is 2.26. The van der Waals surface area contributed by atoms with Crippen molar-refractivity contribution >= 4 is 11.4 Å². The molecule has 5 nitrogen and oxygen atoms in total. The van der Waals surface area contributed by atoms with Crippen LogP contribution in [0.4, 0.5) is 28.9 Å². The second-order valence-corrected chi connectivity index (χ2v) is 3.58. The van der Waals surface area contributed by atoms with E-state index >= 15 is 0 Å². The summed E-state index contributed by atoms with van der Waals surface area (Å²) in [4.78, 5) is 9.98. The van der Waals surface area contributed by atoms with Crippen molar-refractivity contribution in [1.29, 1.82) is 0 Å². The average Bonchev–Trinajstić information content (AvgIpc) is 2.27. The third-order valence-corrected chi connectivity index (χ3v) is 2.26. The molecule has 0 aliphatic rings. The smallest absolute Gasteiger partial charge is 0.275 e. The normalized spacial score (nSPS) is 10.8. The Labute approximate surface area is 105 Å². The van der Waals surface area contributed by atoms with Crippen molar-refractivity contribution in [2.24, 2.45) is 0 Å². The van der Waals surface area contributed by atoms with Crippen LogP contribution in [0.5, 0.6) is 0 Å². The molecule has 0 saturated carbocycles. The van der Waals surface area contributed by atoms with Gasteiger partial charge in [0.15, 0.2) is 11.6 Å². The maximum absolute atomic E-state index is 13.6. The molecule has 106 valence electrons. The van der Waals surface area contributed by atoms with E-state index in [0.717, 1.165) is 0 Å². The topological polar surface area (TPSA) is 66.6 Å². The molecule has 0 bridgehead atoms. The van der Waals surface area contributed by atoms with Crippen LogP contribution in [0.2, 0.25) is 0 Å². The Kier molecular flexibility index (Phi) is 5.04. The lowest BCUT2D eigenvalue weighted by atomic mass is 10.2. The van der Waals surface area contributed by atoms with Crippen molar-refractivity contribution < 1.29 is 27.6 Å². The van der Waals surface area contributed by atoms with Gasteiger partial charge < -0.3 is 10.0 Å². The quantitative estimate of drug-likeness (QED) is 0.492. The van der Waals surface area contributed by atoms with Crippen LogP contribution in [0.3, 0.4) is 0 Å². The number of aliphatic hydroxyl groups is 1. The largest absolute Gasteiger partial charge is 0.395 e. The van der Waals surface area contributed by atoms with Gasteiger partial charge in [0, 0.05) is 6.54 Å². The predicted octanol–water partition coefficient (Wildman–Crippen LogP) is 1.94. The number of benzene rings is 1. The first-order chi connectivity index (χ1) is 8.86. The molecular formula is C10H10F4N2O3. The van der Waals surface area contributed by atoms with Gasteiger partial charge in [-0.15, -0.1) is 0 Å². The van der Waals surface area contributed by atoms with Crippen LogP contribution in [0, 0.1) is 21.7 Å². The summed E-state index contributed by atoms with van der Waals surface area (Å²) in [5.41, 5.74) is -1.64. The van der Waals surface area contributed by atoms with Gasteiger partial charge in [0.1, 0.15) is 5.69 Å². The molecule has 0 radical (unpaired) electrons. The minimum Gasteiger partial charge on any atom is -0.395 e. The van der Waals surface area contributed by atoms with Gasteiger partial charge in [-0.3, -0.25) is 10.1 Å². The molecule has 19 heavy (non-hydrogen) atoms. The SMILES string of the molecule is O=[N+]([O-])c1cc(F)c(N(CCO)CC(F)F)c(F)c1. The van der Waals surface area contributed by atoms with Gasteiger partial charge in [0.25, 0.3) is 12.1 Å². The fourth-order valence-corrected chi connectivity index (χ4v) is 1.54. The summed E-state index contributed by atoms with van der Waals surface area (Å²) in [6, 6.07) is 0.877. The fourth-order valence-electron chi connectivity index (χ4n) is 1.54. The summed E-state index contributed by atoms with van der Waals surface area (Å²) in [7, 11) is 0. The van der Waals surface area contributed by atoms with Gasteiger partial charge in [-0.2, -0.15) is 0 Å². The first-order valence-electron chi connectivity index (χ1n) is 5.14. The van der Waals surface area contributed by atoms with Crippen molar-refractivity contribution in [3.05, 3.63) is 33.9 Å². The Morgan fingerprint density at radius 2 is 1.84 bits per heavy atom. The minimum absolute atomic E-state index is 0.421. The summed E-state index contributed by atoms with van der Waals surface area (Å²) in [6.07, 6.45) is -2.87. The number of rotatable bonds is 6. The highest BCUT2D eigenvalue weighted by Crippen LogP contribution is 2.28. The van der Waals surface area contributed by atoms with E-state index in [-0.39, 0.29) is 0 Å². The van der Waals surface area contributed by atoms with Crippen molar-refractivity contribution in [3.63, 3.8) is 0 Å². The Morgan fingerprint density at radius 3 is 2.21 bits per heavy atom. The molecule has 0 fully saturated rings. The average molecular weight is 282 g/mol. The molecule has 0 heterocycles. The molecule has 1 aromatic carbocycles. The van der Waals surface area contributed by atoms with E-state index in [4.69, 9.17) is 5.11 Å². The summed E-state index contributed by atoms with van der Waals surface area (Å²) in [6.45, 7) is -2.01. The minimum atomic E-state index is -2.87. The van der Waals surface area contributed by atoms with Gasteiger partial charge in [-0.1, -0.05) is 0 Å². The number of nitro groups is 1. The third kappa shape index (κ3) is 3.78. The van der Waals surface area contributed by atoms with E-state index in [0.29, 0.717) is 17.0 Å². The lowest BCUT2D eigenvalue weighted by Crippen LogP contribution is -2.33. The standard InChI is InChI=1S/C10H10F4N2O3/c11-7-3-6(16(18)19)4-8(12)10(7)15(1-2-17)5-9(13)14/h3-4,9,17H,1-2,5H2. The molecule has 0 aliphatic heterocycles. The van der Waals surface area contributed by atoms with Crippen molar-refractivity contribution in [1.82, 2.24) is 0 Å². The van der Waals surface area contributed by atoms with Crippen molar-refractivity contribution in [2.75, 3.05) is 24.6 Å². The first-order valence-corrected chi connectivity index (χ1v) is 5.14. The zero-order valence-electron chi connectivity index (χ0n) is 9.52. The molecule has 0 amide bonds. The summed E-state index contributed by atoms with van der Waals surface area (Å²) < 4.78 is 51.7. The number of anilines is 1.